The van der Waals surface area contributed by atoms with Gasteiger partial charge in [-0.2, -0.15) is 18.4 Å². The first kappa shape index (κ1) is 20.2. The highest BCUT2D eigenvalue weighted by Crippen LogP contribution is 2.32. The quantitative estimate of drug-likeness (QED) is 0.470. The van der Waals surface area contributed by atoms with Gasteiger partial charge in [-0.25, -0.2) is 0 Å². The van der Waals surface area contributed by atoms with E-state index in [0.717, 1.165) is 12.1 Å². The van der Waals surface area contributed by atoms with E-state index in [1.807, 2.05) is 13.1 Å². The highest BCUT2D eigenvalue weighted by molar-refractivity contribution is 5.76. The first-order valence-electron chi connectivity index (χ1n) is 8.76. The van der Waals surface area contributed by atoms with Crippen molar-refractivity contribution in [3.63, 3.8) is 0 Å². The van der Waals surface area contributed by atoms with Crippen molar-refractivity contribution in [1.29, 1.82) is 5.26 Å². The molecule has 3 rings (SSSR count). The molecule has 0 aliphatic rings. The Morgan fingerprint density at radius 3 is 2.48 bits per heavy atom. The number of alkyl halides is 3. The minimum absolute atomic E-state index is 0.103. The van der Waals surface area contributed by atoms with Crippen molar-refractivity contribution >= 4 is 11.4 Å². The van der Waals surface area contributed by atoms with Crippen LogP contribution >= 0.6 is 0 Å². The number of benzene rings is 2. The minimum Gasteiger partial charge on any atom is -0.421 e. The monoisotopic (exact) mass is 401 g/mol. The molecule has 1 aromatic heterocycles. The van der Waals surface area contributed by atoms with Crippen LogP contribution in [0.1, 0.15) is 18.4 Å². The fraction of sp³-hybridized carbons (Fsp3) is 0.250. The molecule has 0 radical (unpaired) electrons. The molecule has 0 aliphatic heterocycles. The average molecular weight is 401 g/mol. The maximum absolute atomic E-state index is 12.7. The third-order valence-corrected chi connectivity index (χ3v) is 4.40. The van der Waals surface area contributed by atoms with Crippen LogP contribution in [0.5, 0.6) is 0 Å². The molecule has 1 atom stereocenters. The van der Waals surface area contributed by atoms with Gasteiger partial charge < -0.3 is 14.6 Å². The number of rotatable bonds is 6. The number of nitriles is 1. The van der Waals surface area contributed by atoms with Gasteiger partial charge in [-0.1, -0.05) is 12.1 Å². The highest BCUT2D eigenvalue weighted by atomic mass is 19.4. The van der Waals surface area contributed by atoms with Gasteiger partial charge in [0.05, 0.1) is 16.8 Å². The molecule has 0 aliphatic carbocycles. The van der Waals surface area contributed by atoms with Crippen LogP contribution in [0.15, 0.2) is 52.9 Å². The lowest BCUT2D eigenvalue weighted by Crippen LogP contribution is -2.26. The van der Waals surface area contributed by atoms with E-state index in [9.17, 15) is 13.2 Å². The van der Waals surface area contributed by atoms with E-state index in [-0.39, 0.29) is 11.9 Å². The van der Waals surface area contributed by atoms with Gasteiger partial charge in [0, 0.05) is 25.2 Å². The van der Waals surface area contributed by atoms with Gasteiger partial charge in [-0.05, 0) is 43.3 Å². The highest BCUT2D eigenvalue weighted by Gasteiger charge is 2.30. The number of likely N-dealkylation sites (N-methyl/N-ethyl adjacent to an activating group) is 1. The first-order chi connectivity index (χ1) is 13.8. The van der Waals surface area contributed by atoms with Crippen molar-refractivity contribution < 1.29 is 17.6 Å². The van der Waals surface area contributed by atoms with Crippen LogP contribution in [0.25, 0.3) is 11.5 Å². The summed E-state index contributed by atoms with van der Waals surface area (Å²) in [4.78, 5) is 1.49. The molecule has 0 saturated heterocycles. The Morgan fingerprint density at radius 1 is 1.14 bits per heavy atom. The average Bonchev–Trinajstić information content (AvgIpc) is 3.15. The van der Waals surface area contributed by atoms with Crippen molar-refractivity contribution in [2.24, 2.45) is 0 Å². The molecule has 0 spiro atoms. The van der Waals surface area contributed by atoms with Gasteiger partial charge in [0.2, 0.25) is 11.8 Å². The van der Waals surface area contributed by atoms with Crippen molar-refractivity contribution in [3.05, 3.63) is 60.0 Å². The summed E-state index contributed by atoms with van der Waals surface area (Å²) in [6.07, 6.45) is -1.94. The number of nitrogens with one attached hydrogen (secondary N) is 1. The predicted octanol–water partition coefficient (Wildman–Crippen LogP) is 4.84. The maximum atomic E-state index is 12.7. The molecule has 0 amide bonds. The standard InChI is InChI=1S/C20H18F3N5O/c1-13(28(2)12-24)11-18-26-27-19(29-18)16-5-3-4-6-17(16)25-15-9-7-14(8-10-15)20(21,22)23/h3-10,13,25H,11H2,1-2H3. The topological polar surface area (TPSA) is 78.0 Å². The predicted molar refractivity (Wildman–Crippen MR) is 101 cm³/mol. The zero-order valence-electron chi connectivity index (χ0n) is 15.7. The second-order valence-corrected chi connectivity index (χ2v) is 6.51. The van der Waals surface area contributed by atoms with Gasteiger partial charge >= 0.3 is 6.18 Å². The van der Waals surface area contributed by atoms with Crippen LogP contribution in [0.2, 0.25) is 0 Å². The number of hydrogen-bond acceptors (Lipinski definition) is 6. The zero-order valence-corrected chi connectivity index (χ0v) is 15.7. The van der Waals surface area contributed by atoms with Crippen LogP contribution in [0.4, 0.5) is 24.5 Å². The molecule has 150 valence electrons. The van der Waals surface area contributed by atoms with Crippen LogP contribution in [0.3, 0.4) is 0 Å². The van der Waals surface area contributed by atoms with Crippen LogP contribution < -0.4 is 5.32 Å². The Kier molecular flexibility index (Phi) is 5.73. The van der Waals surface area contributed by atoms with E-state index in [4.69, 9.17) is 9.68 Å². The normalized spacial score (nSPS) is 12.3. The van der Waals surface area contributed by atoms with Crippen molar-refractivity contribution in [3.8, 4) is 17.6 Å². The van der Waals surface area contributed by atoms with Gasteiger partial charge in [-0.15, -0.1) is 10.2 Å². The number of nitrogens with zero attached hydrogens (tertiary/aromatic N) is 4. The summed E-state index contributed by atoms with van der Waals surface area (Å²) in [5.41, 5.74) is 1.01. The summed E-state index contributed by atoms with van der Waals surface area (Å²) in [6.45, 7) is 1.87. The molecule has 1 N–H and O–H groups in total. The van der Waals surface area contributed by atoms with Crippen LogP contribution in [-0.4, -0.2) is 28.2 Å². The van der Waals surface area contributed by atoms with Gasteiger partial charge in [0.15, 0.2) is 6.19 Å². The minimum atomic E-state index is -4.38. The van der Waals surface area contributed by atoms with Gasteiger partial charge in [0.1, 0.15) is 0 Å². The smallest absolute Gasteiger partial charge is 0.416 e. The molecule has 2 aromatic carbocycles. The van der Waals surface area contributed by atoms with Crippen molar-refractivity contribution in [1.82, 2.24) is 15.1 Å². The Morgan fingerprint density at radius 2 is 1.83 bits per heavy atom. The first-order valence-corrected chi connectivity index (χ1v) is 8.76. The van der Waals surface area contributed by atoms with E-state index in [2.05, 4.69) is 15.5 Å². The summed E-state index contributed by atoms with van der Waals surface area (Å²) in [6, 6.07) is 11.8. The zero-order chi connectivity index (χ0) is 21.0. The molecule has 1 heterocycles. The molecule has 0 fully saturated rings. The second-order valence-electron chi connectivity index (χ2n) is 6.51. The van der Waals surface area contributed by atoms with E-state index in [1.54, 1.807) is 31.3 Å². The van der Waals surface area contributed by atoms with Crippen LogP contribution in [0, 0.1) is 11.5 Å². The molecule has 6 nitrogen and oxygen atoms in total. The summed E-state index contributed by atoms with van der Waals surface area (Å²) in [5.74, 6) is 0.667. The molecule has 9 heteroatoms. The molecular formula is C20H18F3N5O. The Bertz CT molecular complexity index is 1010. The number of anilines is 2. The van der Waals surface area contributed by atoms with Gasteiger partial charge in [-0.3, -0.25) is 0 Å². The lowest BCUT2D eigenvalue weighted by Gasteiger charge is -2.16. The number of para-hydroxylation sites is 1. The summed E-state index contributed by atoms with van der Waals surface area (Å²) in [7, 11) is 1.67. The molecule has 3 aromatic rings. The maximum Gasteiger partial charge on any atom is 0.416 e. The van der Waals surface area contributed by atoms with E-state index < -0.39 is 11.7 Å². The SMILES string of the molecule is CC(Cc1nnc(-c2ccccc2Nc2ccc(C(F)(F)F)cc2)o1)N(C)C#N. The van der Waals surface area contributed by atoms with E-state index in [0.29, 0.717) is 29.2 Å². The number of hydrogen-bond donors (Lipinski definition) is 1. The van der Waals surface area contributed by atoms with Crippen molar-refractivity contribution in [2.75, 3.05) is 12.4 Å². The Balaban J connectivity index is 1.80. The summed E-state index contributed by atoms with van der Waals surface area (Å²) >= 11 is 0. The largest absolute Gasteiger partial charge is 0.421 e. The Labute approximate surface area is 165 Å². The third kappa shape index (κ3) is 4.85. The summed E-state index contributed by atoms with van der Waals surface area (Å²) < 4.78 is 43.9. The summed E-state index contributed by atoms with van der Waals surface area (Å²) in [5, 5.41) is 20.1. The third-order valence-electron chi connectivity index (χ3n) is 4.40. The lowest BCUT2D eigenvalue weighted by atomic mass is 10.1. The number of aromatic nitrogens is 2. The molecule has 29 heavy (non-hydrogen) atoms. The van der Waals surface area contributed by atoms with E-state index in [1.165, 1.54) is 17.0 Å². The molecule has 1 unspecified atom stereocenters. The van der Waals surface area contributed by atoms with E-state index >= 15 is 0 Å². The van der Waals surface area contributed by atoms with Gasteiger partial charge in [0.25, 0.3) is 0 Å². The molecular weight excluding hydrogens is 383 g/mol. The molecule has 0 bridgehead atoms. The fourth-order valence-electron chi connectivity index (χ4n) is 2.61. The second kappa shape index (κ2) is 8.22. The fourth-order valence-corrected chi connectivity index (χ4v) is 2.61. The molecule has 0 saturated carbocycles. The van der Waals surface area contributed by atoms with Crippen LogP contribution in [-0.2, 0) is 12.6 Å². The Hall–Kier alpha value is -3.54. The van der Waals surface area contributed by atoms with Crippen molar-refractivity contribution in [2.45, 2.75) is 25.6 Å². The lowest BCUT2D eigenvalue weighted by molar-refractivity contribution is -0.137. The number of halogens is 3.